The summed E-state index contributed by atoms with van der Waals surface area (Å²) < 4.78 is 16.8. The maximum atomic E-state index is 6.54. The number of aryl methyl sites for hydroxylation is 2. The lowest BCUT2D eigenvalue weighted by Crippen LogP contribution is -2.30. The number of imidazole rings is 1. The van der Waals surface area contributed by atoms with Gasteiger partial charge in [-0.1, -0.05) is 24.3 Å². The van der Waals surface area contributed by atoms with Gasteiger partial charge in [0.1, 0.15) is 22.4 Å². The molecular weight excluding hydrogens is 396 g/mol. The first-order valence-corrected chi connectivity index (χ1v) is 10.8. The summed E-state index contributed by atoms with van der Waals surface area (Å²) in [5, 5.41) is 5.63. The second-order valence-electron chi connectivity index (χ2n) is 8.61. The Labute approximate surface area is 183 Å². The van der Waals surface area contributed by atoms with E-state index < -0.39 is 0 Å². The molecule has 0 spiro atoms. The van der Waals surface area contributed by atoms with Crippen molar-refractivity contribution in [2.45, 2.75) is 13.8 Å². The van der Waals surface area contributed by atoms with Gasteiger partial charge in [0.25, 0.3) is 5.82 Å². The zero-order chi connectivity index (χ0) is 21.6. The molecule has 154 valence electrons. The van der Waals surface area contributed by atoms with Crippen LogP contribution in [-0.2, 0) is 7.05 Å². The molecule has 0 saturated carbocycles. The van der Waals surface area contributed by atoms with Crippen LogP contribution in [0, 0.1) is 13.8 Å². The molecule has 0 fully saturated rings. The molecule has 4 nitrogen and oxygen atoms in total. The number of para-hydroxylation sites is 1. The summed E-state index contributed by atoms with van der Waals surface area (Å²) in [6.07, 6.45) is 1.72. The standard InChI is InChI=1S/C28H21N2O2/c1-16-6-4-5-7-22(16)30-17(2)29(3)23-11-9-18-8-10-20-21-14-19-12-13-31-24(19)15-25(21)32-28(20)26(18)27(23)30/h4-15H,1-3H3/q+1. The molecule has 0 radical (unpaired) electrons. The Morgan fingerprint density at radius 3 is 2.53 bits per heavy atom. The van der Waals surface area contributed by atoms with Gasteiger partial charge in [0.2, 0.25) is 0 Å². The van der Waals surface area contributed by atoms with Crippen molar-refractivity contribution >= 4 is 54.7 Å². The van der Waals surface area contributed by atoms with Gasteiger partial charge >= 0.3 is 0 Å². The average Bonchev–Trinajstić information content (AvgIpc) is 3.47. The Balaban J connectivity index is 1.73. The lowest BCUT2D eigenvalue weighted by Gasteiger charge is -2.05. The lowest BCUT2D eigenvalue weighted by atomic mass is 10.0. The van der Waals surface area contributed by atoms with Crippen molar-refractivity contribution in [2.75, 3.05) is 0 Å². The number of furan rings is 2. The van der Waals surface area contributed by atoms with Gasteiger partial charge in [0, 0.05) is 29.1 Å². The average molecular weight is 417 g/mol. The molecule has 0 bridgehead atoms. The van der Waals surface area contributed by atoms with Crippen LogP contribution in [-0.4, -0.2) is 4.57 Å². The molecule has 7 rings (SSSR count). The molecule has 4 aromatic carbocycles. The fourth-order valence-corrected chi connectivity index (χ4v) is 5.16. The Hall–Kier alpha value is -4.05. The molecule has 0 atom stereocenters. The van der Waals surface area contributed by atoms with E-state index in [1.165, 1.54) is 33.5 Å². The molecule has 0 unspecified atom stereocenters. The fraction of sp³-hybridized carbons (Fsp3) is 0.107. The molecule has 4 heteroatoms. The van der Waals surface area contributed by atoms with Crippen LogP contribution in [0.25, 0.3) is 60.4 Å². The van der Waals surface area contributed by atoms with E-state index in [1.807, 2.05) is 12.1 Å². The number of rotatable bonds is 1. The molecule has 0 aliphatic carbocycles. The van der Waals surface area contributed by atoms with Crippen LogP contribution in [0.3, 0.4) is 0 Å². The molecule has 0 aliphatic heterocycles. The van der Waals surface area contributed by atoms with Gasteiger partial charge in [0.15, 0.2) is 11.0 Å². The Kier molecular flexibility index (Phi) is 3.31. The highest BCUT2D eigenvalue weighted by atomic mass is 16.3. The van der Waals surface area contributed by atoms with Crippen molar-refractivity contribution in [1.82, 2.24) is 4.57 Å². The first-order valence-electron chi connectivity index (χ1n) is 10.8. The minimum absolute atomic E-state index is 0.844. The number of aromatic nitrogens is 2. The van der Waals surface area contributed by atoms with E-state index in [9.17, 15) is 0 Å². The molecule has 3 heterocycles. The zero-order valence-electron chi connectivity index (χ0n) is 18.1. The van der Waals surface area contributed by atoms with Crippen LogP contribution < -0.4 is 4.57 Å². The summed E-state index contributed by atoms with van der Waals surface area (Å²) in [6.45, 7) is 4.34. The topological polar surface area (TPSA) is 35.1 Å². The predicted molar refractivity (Wildman–Crippen MR) is 128 cm³/mol. The SMILES string of the molecule is Cc1ccccc1-n1c(C)[n+](C)c2ccc3ccc4c5cc6ccoc6cc5oc4c3c21. The van der Waals surface area contributed by atoms with Crippen molar-refractivity contribution in [2.24, 2.45) is 7.05 Å². The van der Waals surface area contributed by atoms with E-state index in [1.54, 1.807) is 6.26 Å². The molecule has 32 heavy (non-hydrogen) atoms. The van der Waals surface area contributed by atoms with E-state index in [2.05, 4.69) is 84.6 Å². The van der Waals surface area contributed by atoms with Gasteiger partial charge < -0.3 is 8.83 Å². The second-order valence-corrected chi connectivity index (χ2v) is 8.61. The van der Waals surface area contributed by atoms with Crippen molar-refractivity contribution in [3.05, 3.63) is 84.4 Å². The molecule has 0 aliphatic rings. The summed E-state index contributed by atoms with van der Waals surface area (Å²) in [5.74, 6) is 1.17. The fourth-order valence-electron chi connectivity index (χ4n) is 5.16. The largest absolute Gasteiger partial charge is 0.464 e. The van der Waals surface area contributed by atoms with Gasteiger partial charge in [-0.05, 0) is 54.3 Å². The van der Waals surface area contributed by atoms with Gasteiger partial charge in [-0.25, -0.2) is 4.57 Å². The maximum absolute atomic E-state index is 6.54. The Morgan fingerprint density at radius 1 is 0.812 bits per heavy atom. The molecular formula is C28H21N2O2+. The predicted octanol–water partition coefficient (Wildman–Crippen LogP) is 6.87. The highest BCUT2D eigenvalue weighted by Crippen LogP contribution is 2.39. The van der Waals surface area contributed by atoms with Crippen LogP contribution in [0.5, 0.6) is 0 Å². The van der Waals surface area contributed by atoms with Gasteiger partial charge in [-0.3, -0.25) is 0 Å². The minimum Gasteiger partial charge on any atom is -0.464 e. The second kappa shape index (κ2) is 6.01. The molecule has 0 saturated heterocycles. The van der Waals surface area contributed by atoms with Crippen LogP contribution in [0.4, 0.5) is 0 Å². The van der Waals surface area contributed by atoms with Crippen molar-refractivity contribution in [3.63, 3.8) is 0 Å². The van der Waals surface area contributed by atoms with E-state index >= 15 is 0 Å². The smallest absolute Gasteiger partial charge is 0.259 e. The summed E-state index contributed by atoms with van der Waals surface area (Å²) >= 11 is 0. The van der Waals surface area contributed by atoms with Gasteiger partial charge in [-0.15, -0.1) is 0 Å². The lowest BCUT2D eigenvalue weighted by molar-refractivity contribution is -0.652. The molecule has 7 aromatic rings. The van der Waals surface area contributed by atoms with E-state index in [0.717, 1.165) is 38.3 Å². The van der Waals surface area contributed by atoms with E-state index in [0.29, 0.717) is 0 Å². The van der Waals surface area contributed by atoms with Gasteiger partial charge in [-0.2, -0.15) is 4.57 Å². The third kappa shape index (κ3) is 2.14. The van der Waals surface area contributed by atoms with Crippen LogP contribution in [0.15, 0.2) is 81.8 Å². The first-order chi connectivity index (χ1) is 15.6. The quantitative estimate of drug-likeness (QED) is 0.273. The highest BCUT2D eigenvalue weighted by molar-refractivity contribution is 6.22. The number of hydrogen-bond donors (Lipinski definition) is 0. The number of nitrogens with zero attached hydrogens (tertiary/aromatic N) is 2. The van der Waals surface area contributed by atoms with Crippen molar-refractivity contribution < 1.29 is 13.4 Å². The van der Waals surface area contributed by atoms with Gasteiger partial charge in [0.05, 0.1) is 18.7 Å². The number of hydrogen-bond acceptors (Lipinski definition) is 2. The summed E-state index contributed by atoms with van der Waals surface area (Å²) in [5.41, 5.74) is 7.39. The maximum Gasteiger partial charge on any atom is 0.259 e. The number of fused-ring (bicyclic) bond motifs is 8. The summed E-state index contributed by atoms with van der Waals surface area (Å²) in [4.78, 5) is 0. The third-order valence-corrected chi connectivity index (χ3v) is 6.90. The first kappa shape index (κ1) is 17.6. The summed E-state index contributed by atoms with van der Waals surface area (Å²) in [7, 11) is 2.13. The molecule has 3 aromatic heterocycles. The van der Waals surface area contributed by atoms with E-state index in [4.69, 9.17) is 8.83 Å². The van der Waals surface area contributed by atoms with Crippen LogP contribution in [0.2, 0.25) is 0 Å². The van der Waals surface area contributed by atoms with Crippen LogP contribution >= 0.6 is 0 Å². The summed E-state index contributed by atoms with van der Waals surface area (Å²) in [6, 6.07) is 23.5. The van der Waals surface area contributed by atoms with Crippen LogP contribution in [0.1, 0.15) is 11.4 Å². The molecule has 0 N–H and O–H groups in total. The van der Waals surface area contributed by atoms with Crippen molar-refractivity contribution in [3.8, 4) is 5.69 Å². The Morgan fingerprint density at radius 2 is 1.66 bits per heavy atom. The van der Waals surface area contributed by atoms with E-state index in [-0.39, 0.29) is 0 Å². The monoisotopic (exact) mass is 417 g/mol. The number of benzene rings is 4. The van der Waals surface area contributed by atoms with Crippen molar-refractivity contribution in [1.29, 1.82) is 0 Å². The zero-order valence-corrected chi connectivity index (χ0v) is 18.1. The normalized spacial score (nSPS) is 12.2. The Bertz CT molecular complexity index is 1860. The third-order valence-electron chi connectivity index (χ3n) is 6.90. The minimum atomic E-state index is 0.844. The highest BCUT2D eigenvalue weighted by Gasteiger charge is 2.26. The molecule has 0 amide bonds.